The standard InChI is InChI=1S/C11H18N2O2/c1-6(2)7-8(14)12-10(11(3,4)5)13-9(7)15/h6H,1-5H3,(H2,12,13,14,15). The van der Waals surface area contributed by atoms with Gasteiger partial charge in [-0.15, -0.1) is 0 Å². The van der Waals surface area contributed by atoms with Crippen LogP contribution in [0.15, 0.2) is 4.79 Å². The molecule has 1 rings (SSSR count). The van der Waals surface area contributed by atoms with E-state index in [0.717, 1.165) is 0 Å². The Morgan fingerprint density at radius 1 is 1.33 bits per heavy atom. The first-order valence-electron chi connectivity index (χ1n) is 5.07. The van der Waals surface area contributed by atoms with E-state index < -0.39 is 0 Å². The highest BCUT2D eigenvalue weighted by Crippen LogP contribution is 2.23. The molecule has 0 saturated carbocycles. The molecule has 1 heterocycles. The van der Waals surface area contributed by atoms with E-state index in [9.17, 15) is 9.90 Å². The van der Waals surface area contributed by atoms with Crippen molar-refractivity contribution in [3.63, 3.8) is 0 Å². The molecule has 0 aliphatic rings. The van der Waals surface area contributed by atoms with E-state index >= 15 is 0 Å². The molecule has 4 heteroatoms. The van der Waals surface area contributed by atoms with Gasteiger partial charge in [0, 0.05) is 5.41 Å². The number of hydrogen-bond acceptors (Lipinski definition) is 3. The molecule has 4 nitrogen and oxygen atoms in total. The van der Waals surface area contributed by atoms with Gasteiger partial charge >= 0.3 is 0 Å². The molecule has 0 atom stereocenters. The summed E-state index contributed by atoms with van der Waals surface area (Å²) in [4.78, 5) is 18.4. The number of aromatic amines is 1. The number of aromatic hydroxyl groups is 1. The van der Waals surface area contributed by atoms with Crippen LogP contribution in [0.2, 0.25) is 0 Å². The summed E-state index contributed by atoms with van der Waals surface area (Å²) in [7, 11) is 0. The molecule has 0 spiro atoms. The minimum absolute atomic E-state index is 0.0322. The van der Waals surface area contributed by atoms with E-state index in [4.69, 9.17) is 0 Å². The van der Waals surface area contributed by atoms with E-state index in [1.165, 1.54) is 0 Å². The Labute approximate surface area is 89.4 Å². The summed E-state index contributed by atoms with van der Waals surface area (Å²) in [6, 6.07) is 0. The average molecular weight is 210 g/mol. The molecular formula is C11H18N2O2. The van der Waals surface area contributed by atoms with Crippen molar-refractivity contribution in [2.24, 2.45) is 0 Å². The van der Waals surface area contributed by atoms with Gasteiger partial charge in [0.1, 0.15) is 5.82 Å². The summed E-state index contributed by atoms with van der Waals surface area (Å²) in [5.41, 5.74) is -0.169. The van der Waals surface area contributed by atoms with Crippen LogP contribution in [0.3, 0.4) is 0 Å². The first kappa shape index (κ1) is 11.8. The molecule has 15 heavy (non-hydrogen) atoms. The summed E-state index contributed by atoms with van der Waals surface area (Å²) in [6.45, 7) is 9.49. The van der Waals surface area contributed by atoms with Gasteiger partial charge in [0.15, 0.2) is 0 Å². The largest absolute Gasteiger partial charge is 0.493 e. The summed E-state index contributed by atoms with van der Waals surface area (Å²) in [6.07, 6.45) is 0. The summed E-state index contributed by atoms with van der Waals surface area (Å²) in [5.74, 6) is 0.323. The Hall–Kier alpha value is -1.32. The molecule has 1 aromatic heterocycles. The van der Waals surface area contributed by atoms with E-state index in [1.54, 1.807) is 0 Å². The minimum atomic E-state index is -0.272. The maximum atomic E-state index is 11.7. The van der Waals surface area contributed by atoms with Crippen LogP contribution in [0.1, 0.15) is 51.9 Å². The van der Waals surface area contributed by atoms with Gasteiger partial charge in [0.2, 0.25) is 5.88 Å². The van der Waals surface area contributed by atoms with Crippen molar-refractivity contribution in [3.05, 3.63) is 21.7 Å². The Balaban J connectivity index is 3.39. The molecule has 0 saturated heterocycles. The van der Waals surface area contributed by atoms with Crippen LogP contribution in [0.25, 0.3) is 0 Å². The first-order valence-corrected chi connectivity index (χ1v) is 5.07. The normalized spacial score (nSPS) is 12.1. The quantitative estimate of drug-likeness (QED) is 0.744. The fourth-order valence-electron chi connectivity index (χ4n) is 1.35. The monoisotopic (exact) mass is 210 g/mol. The van der Waals surface area contributed by atoms with Crippen LogP contribution in [0.4, 0.5) is 0 Å². The maximum absolute atomic E-state index is 11.7. The molecule has 0 fully saturated rings. The van der Waals surface area contributed by atoms with Gasteiger partial charge in [0.05, 0.1) is 5.56 Å². The number of H-pyrrole nitrogens is 1. The van der Waals surface area contributed by atoms with Crippen molar-refractivity contribution < 1.29 is 5.11 Å². The van der Waals surface area contributed by atoms with Crippen LogP contribution in [0, 0.1) is 0 Å². The summed E-state index contributed by atoms with van der Waals surface area (Å²) >= 11 is 0. The molecule has 0 amide bonds. The topological polar surface area (TPSA) is 66.0 Å². The van der Waals surface area contributed by atoms with Crippen LogP contribution in [-0.2, 0) is 5.41 Å². The average Bonchev–Trinajstić information content (AvgIpc) is 1.99. The van der Waals surface area contributed by atoms with Crippen molar-refractivity contribution in [2.45, 2.75) is 46.0 Å². The molecule has 0 radical (unpaired) electrons. The summed E-state index contributed by atoms with van der Waals surface area (Å²) < 4.78 is 0. The lowest BCUT2D eigenvalue weighted by molar-refractivity contribution is 0.423. The van der Waals surface area contributed by atoms with E-state index in [-0.39, 0.29) is 22.8 Å². The van der Waals surface area contributed by atoms with Crippen LogP contribution in [0.5, 0.6) is 5.88 Å². The Kier molecular flexibility index (Phi) is 2.88. The molecule has 0 aromatic carbocycles. The molecule has 0 aliphatic carbocycles. The second-order valence-electron chi connectivity index (χ2n) is 5.06. The zero-order valence-corrected chi connectivity index (χ0v) is 9.88. The number of aromatic nitrogens is 2. The number of rotatable bonds is 1. The second-order valence-corrected chi connectivity index (χ2v) is 5.06. The number of nitrogens with zero attached hydrogens (tertiary/aromatic N) is 1. The lowest BCUT2D eigenvalue weighted by Crippen LogP contribution is -2.24. The van der Waals surface area contributed by atoms with Crippen molar-refractivity contribution in [1.82, 2.24) is 9.97 Å². The third-order valence-electron chi connectivity index (χ3n) is 2.22. The molecule has 0 bridgehead atoms. The fraction of sp³-hybridized carbons (Fsp3) is 0.636. The zero-order chi connectivity index (χ0) is 11.8. The predicted octanol–water partition coefficient (Wildman–Crippen LogP) is 1.90. The van der Waals surface area contributed by atoms with Crippen molar-refractivity contribution in [2.75, 3.05) is 0 Å². The van der Waals surface area contributed by atoms with Crippen LogP contribution in [-0.4, -0.2) is 15.1 Å². The van der Waals surface area contributed by atoms with Gasteiger partial charge in [0.25, 0.3) is 5.56 Å². The zero-order valence-electron chi connectivity index (χ0n) is 9.88. The van der Waals surface area contributed by atoms with Gasteiger partial charge in [-0.1, -0.05) is 34.6 Å². The van der Waals surface area contributed by atoms with Gasteiger partial charge < -0.3 is 10.1 Å². The number of hydrogen-bond donors (Lipinski definition) is 2. The molecule has 0 aliphatic heterocycles. The van der Waals surface area contributed by atoms with E-state index in [2.05, 4.69) is 9.97 Å². The highest BCUT2D eigenvalue weighted by Gasteiger charge is 2.21. The third-order valence-corrected chi connectivity index (χ3v) is 2.22. The SMILES string of the molecule is CC(C)c1c(O)nc(C(C)(C)C)[nH]c1=O. The molecule has 84 valence electrons. The molecule has 0 unspecified atom stereocenters. The Morgan fingerprint density at radius 2 is 1.87 bits per heavy atom. The van der Waals surface area contributed by atoms with Crippen LogP contribution < -0.4 is 5.56 Å². The second kappa shape index (κ2) is 3.68. The highest BCUT2D eigenvalue weighted by molar-refractivity contribution is 5.26. The molecular weight excluding hydrogens is 192 g/mol. The number of nitrogens with one attached hydrogen (secondary N) is 1. The van der Waals surface area contributed by atoms with E-state index in [1.807, 2.05) is 34.6 Å². The lowest BCUT2D eigenvalue weighted by atomic mass is 9.95. The maximum Gasteiger partial charge on any atom is 0.258 e. The van der Waals surface area contributed by atoms with Crippen molar-refractivity contribution in [3.8, 4) is 5.88 Å². The van der Waals surface area contributed by atoms with Gasteiger partial charge in [-0.3, -0.25) is 4.79 Å². The van der Waals surface area contributed by atoms with Crippen LogP contribution >= 0.6 is 0 Å². The lowest BCUT2D eigenvalue weighted by Gasteiger charge is -2.18. The van der Waals surface area contributed by atoms with Gasteiger partial charge in [-0.2, -0.15) is 4.98 Å². The molecule has 1 aromatic rings. The van der Waals surface area contributed by atoms with Gasteiger partial charge in [-0.05, 0) is 5.92 Å². The predicted molar refractivity (Wildman–Crippen MR) is 59.3 cm³/mol. The molecule has 2 N–H and O–H groups in total. The smallest absolute Gasteiger partial charge is 0.258 e. The minimum Gasteiger partial charge on any atom is -0.493 e. The summed E-state index contributed by atoms with van der Waals surface area (Å²) in [5, 5.41) is 9.67. The highest BCUT2D eigenvalue weighted by atomic mass is 16.3. The van der Waals surface area contributed by atoms with E-state index in [0.29, 0.717) is 11.4 Å². The fourth-order valence-corrected chi connectivity index (χ4v) is 1.35. The van der Waals surface area contributed by atoms with Crippen molar-refractivity contribution in [1.29, 1.82) is 0 Å². The van der Waals surface area contributed by atoms with Crippen molar-refractivity contribution >= 4 is 0 Å². The first-order chi connectivity index (χ1) is 6.73. The Bertz CT molecular complexity index is 414. The third kappa shape index (κ3) is 2.37. The van der Waals surface area contributed by atoms with Gasteiger partial charge in [-0.25, -0.2) is 0 Å². The Morgan fingerprint density at radius 3 is 2.20 bits per heavy atom.